The topological polar surface area (TPSA) is 130 Å². The number of oxime groups is 1. The number of nitrogens with two attached hydrogens (primary N) is 1. The van der Waals surface area contributed by atoms with Crippen LogP contribution in [-0.2, 0) is 11.4 Å². The molecule has 29 heavy (non-hydrogen) atoms. The highest BCUT2D eigenvalue weighted by atomic mass is 19.1. The van der Waals surface area contributed by atoms with Crippen LogP contribution < -0.4 is 10.5 Å². The molecular formula is C19H14FN3O6. The van der Waals surface area contributed by atoms with E-state index >= 15 is 0 Å². The molecule has 0 radical (unpaired) electrons. The maximum absolute atomic E-state index is 12.9. The summed E-state index contributed by atoms with van der Waals surface area (Å²) < 4.78 is 23.6. The van der Waals surface area contributed by atoms with E-state index in [1.54, 1.807) is 0 Å². The zero-order valence-electron chi connectivity index (χ0n) is 14.8. The molecular weight excluding hydrogens is 385 g/mol. The van der Waals surface area contributed by atoms with Crippen molar-refractivity contribution in [3.05, 3.63) is 93.7 Å². The molecule has 0 saturated carbocycles. The van der Waals surface area contributed by atoms with E-state index in [0.717, 1.165) is 0 Å². The predicted molar refractivity (Wildman–Crippen MR) is 98.7 cm³/mol. The number of carbonyl (C=O) groups excluding carboxylic acids is 1. The highest BCUT2D eigenvalue weighted by Crippen LogP contribution is 2.16. The van der Waals surface area contributed by atoms with Crippen molar-refractivity contribution in [2.24, 2.45) is 10.9 Å². The number of halogens is 1. The molecule has 10 heteroatoms. The molecule has 2 aromatic carbocycles. The van der Waals surface area contributed by atoms with Crippen molar-refractivity contribution in [3.8, 4) is 5.75 Å². The lowest BCUT2D eigenvalue weighted by Gasteiger charge is -2.03. The van der Waals surface area contributed by atoms with Gasteiger partial charge in [0.05, 0.1) is 4.92 Å². The third kappa shape index (κ3) is 5.16. The minimum absolute atomic E-state index is 0.0209. The average Bonchev–Trinajstić information content (AvgIpc) is 3.20. The van der Waals surface area contributed by atoms with Crippen molar-refractivity contribution in [3.63, 3.8) is 0 Å². The number of ether oxygens (including phenoxy) is 1. The van der Waals surface area contributed by atoms with Crippen molar-refractivity contribution in [2.45, 2.75) is 6.61 Å². The Morgan fingerprint density at radius 3 is 2.45 bits per heavy atom. The summed E-state index contributed by atoms with van der Waals surface area (Å²) >= 11 is 0. The van der Waals surface area contributed by atoms with Gasteiger partial charge >= 0.3 is 5.97 Å². The van der Waals surface area contributed by atoms with Crippen LogP contribution in [0.25, 0.3) is 0 Å². The fourth-order valence-electron chi connectivity index (χ4n) is 2.19. The molecule has 0 spiro atoms. The lowest BCUT2D eigenvalue weighted by molar-refractivity contribution is -0.384. The Bertz CT molecular complexity index is 1040. The van der Waals surface area contributed by atoms with Crippen LogP contribution in [0.1, 0.15) is 21.9 Å². The number of hydrogen-bond donors (Lipinski definition) is 1. The van der Waals surface area contributed by atoms with Crippen LogP contribution in [0.3, 0.4) is 0 Å². The summed E-state index contributed by atoms with van der Waals surface area (Å²) in [4.78, 5) is 26.8. The van der Waals surface area contributed by atoms with Crippen LogP contribution in [0.5, 0.6) is 5.75 Å². The number of non-ortho nitro benzene ring substituents is 1. The Labute approximate surface area is 163 Å². The molecule has 2 N–H and O–H groups in total. The van der Waals surface area contributed by atoms with Crippen LogP contribution in [0.2, 0.25) is 0 Å². The molecule has 0 saturated heterocycles. The number of nitro benzene ring substituents is 1. The second kappa shape index (κ2) is 8.65. The van der Waals surface area contributed by atoms with E-state index in [1.807, 2.05) is 0 Å². The summed E-state index contributed by atoms with van der Waals surface area (Å²) in [5.74, 6) is -0.750. The monoisotopic (exact) mass is 399 g/mol. The van der Waals surface area contributed by atoms with Gasteiger partial charge < -0.3 is 19.7 Å². The lowest BCUT2D eigenvalue weighted by atomic mass is 10.2. The number of carbonyl (C=O) groups is 1. The van der Waals surface area contributed by atoms with Crippen LogP contribution in [0, 0.1) is 15.9 Å². The Hall–Kier alpha value is -4.21. The molecule has 0 atom stereocenters. The first-order valence-corrected chi connectivity index (χ1v) is 8.19. The largest absolute Gasteiger partial charge is 0.486 e. The summed E-state index contributed by atoms with van der Waals surface area (Å²) in [6, 6.07) is 13.6. The number of nitrogens with zero attached hydrogens (tertiary/aromatic N) is 2. The van der Waals surface area contributed by atoms with Crippen molar-refractivity contribution < 1.29 is 28.1 Å². The Morgan fingerprint density at radius 1 is 1.10 bits per heavy atom. The molecule has 1 aromatic heterocycles. The van der Waals surface area contributed by atoms with E-state index < -0.39 is 10.9 Å². The van der Waals surface area contributed by atoms with Gasteiger partial charge in [0, 0.05) is 17.7 Å². The van der Waals surface area contributed by atoms with E-state index in [0.29, 0.717) is 17.1 Å². The fourth-order valence-corrected chi connectivity index (χ4v) is 2.19. The van der Waals surface area contributed by atoms with Gasteiger partial charge in [0.25, 0.3) is 5.69 Å². The fraction of sp³-hybridized carbons (Fsp3) is 0.0526. The third-order valence-electron chi connectivity index (χ3n) is 3.66. The van der Waals surface area contributed by atoms with Gasteiger partial charge in [-0.2, -0.15) is 0 Å². The van der Waals surface area contributed by atoms with E-state index in [-0.39, 0.29) is 29.7 Å². The third-order valence-corrected chi connectivity index (χ3v) is 3.66. The molecule has 0 amide bonds. The lowest BCUT2D eigenvalue weighted by Crippen LogP contribution is -2.15. The van der Waals surface area contributed by atoms with E-state index in [4.69, 9.17) is 19.7 Å². The van der Waals surface area contributed by atoms with Crippen molar-refractivity contribution in [1.82, 2.24) is 0 Å². The summed E-state index contributed by atoms with van der Waals surface area (Å²) in [5, 5.41) is 14.1. The van der Waals surface area contributed by atoms with Gasteiger partial charge in [-0.15, -0.1) is 0 Å². The van der Waals surface area contributed by atoms with Crippen LogP contribution >= 0.6 is 0 Å². The maximum Gasteiger partial charge on any atom is 0.400 e. The maximum atomic E-state index is 12.9. The minimum atomic E-state index is -0.886. The van der Waals surface area contributed by atoms with Crippen LogP contribution in [-0.4, -0.2) is 16.7 Å². The molecule has 9 nitrogen and oxygen atoms in total. The second-order valence-electron chi connectivity index (χ2n) is 5.67. The van der Waals surface area contributed by atoms with Gasteiger partial charge in [0.2, 0.25) is 5.76 Å². The van der Waals surface area contributed by atoms with Crippen molar-refractivity contribution >= 4 is 17.5 Å². The van der Waals surface area contributed by atoms with Crippen LogP contribution in [0.15, 0.2) is 70.2 Å². The number of amidine groups is 1. The number of furan rings is 1. The van der Waals surface area contributed by atoms with Crippen molar-refractivity contribution in [2.75, 3.05) is 0 Å². The number of hydrogen-bond acceptors (Lipinski definition) is 7. The highest BCUT2D eigenvalue weighted by molar-refractivity contribution is 5.98. The molecule has 0 aliphatic heterocycles. The normalized spacial score (nSPS) is 11.1. The first kappa shape index (κ1) is 19.5. The molecule has 3 aromatic rings. The minimum Gasteiger partial charge on any atom is -0.486 e. The summed E-state index contributed by atoms with van der Waals surface area (Å²) in [5.41, 5.74) is 5.94. The molecule has 0 bridgehead atoms. The average molecular weight is 399 g/mol. The van der Waals surface area contributed by atoms with Gasteiger partial charge in [0.1, 0.15) is 23.9 Å². The SMILES string of the molecule is N/C(=N\OC(=O)c1ccc(COc2ccc(F)cc2)o1)c1ccc([N+](=O)[O-])cc1. The summed E-state index contributed by atoms with van der Waals surface area (Å²) in [7, 11) is 0. The number of benzene rings is 2. The highest BCUT2D eigenvalue weighted by Gasteiger charge is 2.14. The Kier molecular flexibility index (Phi) is 5.83. The Balaban J connectivity index is 1.57. The van der Waals surface area contributed by atoms with E-state index in [1.165, 1.54) is 60.7 Å². The van der Waals surface area contributed by atoms with Crippen molar-refractivity contribution in [1.29, 1.82) is 0 Å². The molecule has 3 rings (SSSR count). The zero-order valence-corrected chi connectivity index (χ0v) is 14.8. The smallest absolute Gasteiger partial charge is 0.400 e. The molecule has 148 valence electrons. The van der Waals surface area contributed by atoms with E-state index in [9.17, 15) is 19.3 Å². The number of nitro groups is 1. The quantitative estimate of drug-likeness (QED) is 0.212. The van der Waals surface area contributed by atoms with Gasteiger partial charge in [-0.25, -0.2) is 9.18 Å². The van der Waals surface area contributed by atoms with Gasteiger partial charge in [-0.3, -0.25) is 10.1 Å². The summed E-state index contributed by atoms with van der Waals surface area (Å²) in [6.07, 6.45) is 0. The predicted octanol–water partition coefficient (Wildman–Crippen LogP) is 3.38. The first-order valence-electron chi connectivity index (χ1n) is 8.19. The molecule has 1 heterocycles. The van der Waals surface area contributed by atoms with Gasteiger partial charge in [0.15, 0.2) is 5.84 Å². The van der Waals surface area contributed by atoms with Crippen LogP contribution in [0.4, 0.5) is 10.1 Å². The molecule has 0 aliphatic carbocycles. The number of rotatable bonds is 7. The molecule has 0 aliphatic rings. The van der Waals surface area contributed by atoms with E-state index in [2.05, 4.69) is 5.16 Å². The standard InChI is InChI=1S/C19H14FN3O6/c20-13-3-7-15(8-4-13)27-11-16-9-10-17(28-16)19(24)29-22-18(21)12-1-5-14(6-2-12)23(25)26/h1-10H,11H2,(H2,21,22). The van der Waals surface area contributed by atoms with Gasteiger partial charge in [-0.1, -0.05) is 5.16 Å². The zero-order chi connectivity index (χ0) is 20.8. The molecule has 0 unspecified atom stereocenters. The summed E-state index contributed by atoms with van der Waals surface area (Å²) in [6.45, 7) is 0.0209. The molecule has 0 fully saturated rings. The van der Waals surface area contributed by atoms with Gasteiger partial charge in [-0.05, 0) is 48.5 Å². The first-order chi connectivity index (χ1) is 13.9. The second-order valence-corrected chi connectivity index (χ2v) is 5.67. The Morgan fingerprint density at radius 2 is 1.79 bits per heavy atom.